The fourth-order valence-corrected chi connectivity index (χ4v) is 3.25. The van der Waals surface area contributed by atoms with Gasteiger partial charge in [0.1, 0.15) is 11.6 Å². The number of aryl methyl sites for hydroxylation is 1. The summed E-state index contributed by atoms with van der Waals surface area (Å²) in [5, 5.41) is 0. The van der Waals surface area contributed by atoms with Crippen LogP contribution in [0.4, 0.5) is 0 Å². The van der Waals surface area contributed by atoms with E-state index in [0.29, 0.717) is 12.5 Å². The third-order valence-corrected chi connectivity index (χ3v) is 5.46. The topological polar surface area (TPSA) is 53.7 Å². The lowest BCUT2D eigenvalue weighted by Gasteiger charge is -2.32. The van der Waals surface area contributed by atoms with Gasteiger partial charge < -0.3 is 18.5 Å². The van der Waals surface area contributed by atoms with Crippen LogP contribution in [0.5, 0.6) is 0 Å². The van der Waals surface area contributed by atoms with Crippen molar-refractivity contribution in [3.8, 4) is 0 Å². The van der Waals surface area contributed by atoms with Crippen molar-refractivity contribution in [1.82, 2.24) is 4.98 Å². The van der Waals surface area contributed by atoms with Crippen molar-refractivity contribution < 1.29 is 18.5 Å². The van der Waals surface area contributed by atoms with Crippen molar-refractivity contribution in [3.05, 3.63) is 41.2 Å². The van der Waals surface area contributed by atoms with Gasteiger partial charge in [0, 0.05) is 6.92 Å². The third kappa shape index (κ3) is 2.92. The van der Waals surface area contributed by atoms with E-state index in [1.807, 2.05) is 25.1 Å². The van der Waals surface area contributed by atoms with Crippen molar-refractivity contribution in [3.63, 3.8) is 0 Å². The van der Waals surface area contributed by atoms with Gasteiger partial charge in [0.25, 0.3) is 0 Å². The predicted molar refractivity (Wildman–Crippen MR) is 96.2 cm³/mol. The van der Waals surface area contributed by atoms with Crippen LogP contribution >= 0.6 is 0 Å². The van der Waals surface area contributed by atoms with E-state index in [-0.39, 0.29) is 24.4 Å². The van der Waals surface area contributed by atoms with Crippen LogP contribution in [0.25, 0.3) is 11.1 Å². The van der Waals surface area contributed by atoms with Gasteiger partial charge in [-0.05, 0) is 57.3 Å². The molecule has 1 fully saturated rings. The molecule has 1 aromatic heterocycles. The maximum atomic E-state index is 6.19. The predicted octanol–water partition coefficient (Wildman–Crippen LogP) is 4.16. The summed E-state index contributed by atoms with van der Waals surface area (Å²) in [5.41, 5.74) is 3.19. The van der Waals surface area contributed by atoms with Crippen molar-refractivity contribution in [1.29, 1.82) is 0 Å². The number of oxazole rings is 1. The fourth-order valence-electron chi connectivity index (χ4n) is 3.25. The molecule has 1 unspecified atom stereocenters. The summed E-state index contributed by atoms with van der Waals surface area (Å²) < 4.78 is 24.0. The Bertz CT molecular complexity index is 823. The number of ether oxygens (including phenoxy) is 1. The Morgan fingerprint density at radius 1 is 1.12 bits per heavy atom. The lowest BCUT2D eigenvalue weighted by molar-refractivity contribution is 0.00578. The summed E-state index contributed by atoms with van der Waals surface area (Å²) in [7, 11) is -0.312. The second-order valence-corrected chi connectivity index (χ2v) is 7.83. The first kappa shape index (κ1) is 16.8. The van der Waals surface area contributed by atoms with E-state index < -0.39 is 0 Å². The number of hydrogen-bond acceptors (Lipinski definition) is 5. The van der Waals surface area contributed by atoms with E-state index >= 15 is 0 Å². The molecule has 4 rings (SSSR count). The fraction of sp³-hybridized carbons (Fsp3) is 0.526. The molecule has 0 amide bonds. The molecule has 2 aliphatic heterocycles. The first-order chi connectivity index (χ1) is 11.7. The Balaban J connectivity index is 1.62. The molecular weight excluding hydrogens is 317 g/mol. The zero-order chi connectivity index (χ0) is 17.8. The van der Waals surface area contributed by atoms with E-state index in [4.69, 9.17) is 18.5 Å². The highest BCUT2D eigenvalue weighted by atomic mass is 16.7. The van der Waals surface area contributed by atoms with Crippen LogP contribution < -0.4 is 0 Å². The number of hydrogen-bond donors (Lipinski definition) is 0. The maximum Gasteiger partial charge on any atom is 0.490 e. The minimum atomic E-state index is -0.331. The van der Waals surface area contributed by atoms with Gasteiger partial charge in [-0.15, -0.1) is 0 Å². The Kier molecular flexibility index (Phi) is 3.83. The van der Waals surface area contributed by atoms with Gasteiger partial charge in [-0.1, -0.05) is 12.1 Å². The van der Waals surface area contributed by atoms with Crippen LogP contribution in [0.3, 0.4) is 0 Å². The smallest absolute Gasteiger partial charge is 0.441 e. The Labute approximate surface area is 148 Å². The molecule has 0 radical (unpaired) electrons. The summed E-state index contributed by atoms with van der Waals surface area (Å²) in [4.78, 5) is 4.35. The molecular formula is C19H24BNO4. The third-order valence-electron chi connectivity index (χ3n) is 5.46. The SMILES string of the molecule is Cc1nc2ccc(C3C=C(B4OC(C)(C)C(C)(C)O4)CCO3)cc2o1. The van der Waals surface area contributed by atoms with Gasteiger partial charge in [0.2, 0.25) is 0 Å². The molecule has 0 saturated carbocycles. The molecule has 1 atom stereocenters. The van der Waals surface area contributed by atoms with E-state index in [9.17, 15) is 0 Å². The minimum Gasteiger partial charge on any atom is -0.441 e. The zero-order valence-electron chi connectivity index (χ0n) is 15.5. The molecule has 25 heavy (non-hydrogen) atoms. The zero-order valence-corrected chi connectivity index (χ0v) is 15.5. The Morgan fingerprint density at radius 2 is 1.84 bits per heavy atom. The molecule has 3 heterocycles. The van der Waals surface area contributed by atoms with E-state index in [0.717, 1.165) is 28.6 Å². The van der Waals surface area contributed by atoms with Crippen LogP contribution in [0, 0.1) is 6.92 Å². The quantitative estimate of drug-likeness (QED) is 0.768. The number of aromatic nitrogens is 1. The summed E-state index contributed by atoms with van der Waals surface area (Å²) >= 11 is 0. The van der Waals surface area contributed by atoms with Crippen LogP contribution in [0.15, 0.2) is 34.2 Å². The molecule has 0 N–H and O–H groups in total. The van der Waals surface area contributed by atoms with E-state index in [2.05, 4.69) is 38.8 Å². The summed E-state index contributed by atoms with van der Waals surface area (Å²) in [5.74, 6) is 0.671. The first-order valence-corrected chi connectivity index (χ1v) is 8.80. The van der Waals surface area contributed by atoms with Crippen molar-refractivity contribution in [2.45, 2.75) is 58.3 Å². The van der Waals surface area contributed by atoms with Crippen molar-refractivity contribution in [2.75, 3.05) is 6.61 Å². The number of nitrogens with zero attached hydrogens (tertiary/aromatic N) is 1. The largest absolute Gasteiger partial charge is 0.490 e. The molecule has 1 saturated heterocycles. The summed E-state index contributed by atoms with van der Waals surface area (Å²) in [6, 6.07) is 6.02. The number of benzene rings is 1. The average molecular weight is 341 g/mol. The van der Waals surface area contributed by atoms with Gasteiger partial charge in [-0.3, -0.25) is 0 Å². The number of fused-ring (bicyclic) bond motifs is 1. The first-order valence-electron chi connectivity index (χ1n) is 8.80. The van der Waals surface area contributed by atoms with Crippen LogP contribution in [0.2, 0.25) is 0 Å². The molecule has 2 aliphatic rings. The minimum absolute atomic E-state index is 0.127. The lowest BCUT2D eigenvalue weighted by Crippen LogP contribution is -2.41. The maximum absolute atomic E-state index is 6.19. The van der Waals surface area contributed by atoms with Gasteiger partial charge in [0.05, 0.1) is 17.8 Å². The molecule has 6 heteroatoms. The average Bonchev–Trinajstić information content (AvgIpc) is 3.02. The van der Waals surface area contributed by atoms with E-state index in [1.165, 1.54) is 0 Å². The molecule has 0 bridgehead atoms. The van der Waals surface area contributed by atoms with Crippen LogP contribution in [-0.4, -0.2) is 29.9 Å². The van der Waals surface area contributed by atoms with Crippen molar-refractivity contribution in [2.24, 2.45) is 0 Å². The van der Waals surface area contributed by atoms with Gasteiger partial charge in [0.15, 0.2) is 11.5 Å². The van der Waals surface area contributed by atoms with Crippen LogP contribution in [0.1, 0.15) is 51.7 Å². The summed E-state index contributed by atoms with van der Waals surface area (Å²) in [6.45, 7) is 10.8. The van der Waals surface area contributed by atoms with E-state index in [1.54, 1.807) is 0 Å². The Hall–Kier alpha value is -1.63. The highest BCUT2D eigenvalue weighted by Crippen LogP contribution is 2.40. The van der Waals surface area contributed by atoms with Crippen LogP contribution in [-0.2, 0) is 14.0 Å². The highest BCUT2D eigenvalue weighted by molar-refractivity contribution is 6.54. The van der Waals surface area contributed by atoms with Crippen molar-refractivity contribution >= 4 is 18.2 Å². The molecule has 2 aromatic rings. The molecule has 0 aliphatic carbocycles. The Morgan fingerprint density at radius 3 is 2.56 bits per heavy atom. The summed E-state index contributed by atoms with van der Waals surface area (Å²) in [6.07, 6.45) is 2.81. The number of rotatable bonds is 2. The molecule has 5 nitrogen and oxygen atoms in total. The molecule has 0 spiro atoms. The molecule has 1 aromatic carbocycles. The van der Waals surface area contributed by atoms with Gasteiger partial charge >= 0.3 is 7.12 Å². The van der Waals surface area contributed by atoms with Gasteiger partial charge in [-0.2, -0.15) is 0 Å². The molecule has 132 valence electrons. The monoisotopic (exact) mass is 341 g/mol. The highest BCUT2D eigenvalue weighted by Gasteiger charge is 2.52. The second-order valence-electron chi connectivity index (χ2n) is 7.83. The van der Waals surface area contributed by atoms with Gasteiger partial charge in [-0.25, -0.2) is 4.98 Å². The lowest BCUT2D eigenvalue weighted by atomic mass is 9.74. The normalized spacial score (nSPS) is 25.4. The standard InChI is InChI=1S/C19H24BNO4/c1-12-21-15-7-6-13(10-17(15)23-12)16-11-14(8-9-22-16)20-24-18(2,3)19(4,5)25-20/h6-7,10-11,16H,8-9H2,1-5H3. The second kappa shape index (κ2) is 5.69.